The lowest BCUT2D eigenvalue weighted by Gasteiger charge is -2.29. The number of rotatable bonds is 5. The highest BCUT2D eigenvalue weighted by atomic mass is 16.5. The van der Waals surface area contributed by atoms with Crippen molar-refractivity contribution in [2.24, 2.45) is 0 Å². The maximum absolute atomic E-state index is 10.6. The molecule has 0 saturated carbocycles. The van der Waals surface area contributed by atoms with Crippen LogP contribution in [0.5, 0.6) is 0 Å². The third-order valence-corrected chi connectivity index (χ3v) is 1.93. The Hall–Kier alpha value is -0.610. The van der Waals surface area contributed by atoms with E-state index in [4.69, 9.17) is 9.84 Å². The van der Waals surface area contributed by atoms with Crippen LogP contribution in [0.25, 0.3) is 0 Å². The topological polar surface area (TPSA) is 58.6 Å². The first kappa shape index (κ1) is 9.48. The number of ether oxygens (including phenoxy) is 1. The van der Waals surface area contributed by atoms with Crippen molar-refractivity contribution in [1.29, 1.82) is 0 Å². The molecule has 2 N–H and O–H groups in total. The molecule has 1 aliphatic heterocycles. The lowest BCUT2D eigenvalue weighted by Crippen LogP contribution is -2.51. The molecule has 1 fully saturated rings. The Balaban J connectivity index is 2.26. The van der Waals surface area contributed by atoms with Gasteiger partial charge in [-0.3, -0.25) is 0 Å². The monoisotopic (exact) mass is 173 g/mol. The van der Waals surface area contributed by atoms with E-state index in [1.54, 1.807) is 0 Å². The van der Waals surface area contributed by atoms with E-state index in [9.17, 15) is 4.79 Å². The minimum absolute atomic E-state index is 0.109. The molecule has 0 aromatic carbocycles. The molecular formula is C8H15NO3. The molecule has 0 bridgehead atoms. The van der Waals surface area contributed by atoms with E-state index in [0.717, 1.165) is 19.5 Å². The number of hydrogen-bond donors (Lipinski definition) is 2. The number of carbonyl (C=O) groups is 1. The van der Waals surface area contributed by atoms with E-state index in [1.807, 2.05) is 6.92 Å². The maximum Gasteiger partial charge on any atom is 0.332 e. The first-order chi connectivity index (χ1) is 5.74. The van der Waals surface area contributed by atoms with Crippen molar-refractivity contribution in [2.75, 3.05) is 13.1 Å². The Morgan fingerprint density at radius 3 is 2.75 bits per heavy atom. The van der Waals surface area contributed by atoms with Crippen molar-refractivity contribution < 1.29 is 14.6 Å². The van der Waals surface area contributed by atoms with Gasteiger partial charge in [0.25, 0.3) is 0 Å². The van der Waals surface area contributed by atoms with Crippen LogP contribution in [0, 0.1) is 0 Å². The fourth-order valence-corrected chi connectivity index (χ4v) is 1.10. The maximum atomic E-state index is 10.6. The highest BCUT2D eigenvalue weighted by molar-refractivity contribution is 5.72. The summed E-state index contributed by atoms with van der Waals surface area (Å²) in [7, 11) is 0. The summed E-state index contributed by atoms with van der Waals surface area (Å²) in [6.45, 7) is 3.53. The Labute approximate surface area is 71.9 Å². The van der Waals surface area contributed by atoms with Gasteiger partial charge in [0.15, 0.2) is 6.10 Å². The molecule has 1 rings (SSSR count). The molecule has 1 unspecified atom stereocenters. The number of hydrogen-bond acceptors (Lipinski definition) is 3. The second-order valence-electron chi connectivity index (χ2n) is 3.03. The first-order valence-electron chi connectivity index (χ1n) is 4.33. The zero-order valence-electron chi connectivity index (χ0n) is 7.25. The molecule has 1 atom stereocenters. The summed E-state index contributed by atoms with van der Waals surface area (Å²) in [6, 6.07) is 0. The Morgan fingerprint density at radius 1 is 1.75 bits per heavy atom. The largest absolute Gasteiger partial charge is 0.479 e. The minimum atomic E-state index is -0.844. The van der Waals surface area contributed by atoms with Gasteiger partial charge in [-0.1, -0.05) is 13.3 Å². The predicted molar refractivity (Wildman–Crippen MR) is 44.1 cm³/mol. The van der Waals surface area contributed by atoms with Crippen molar-refractivity contribution in [2.45, 2.75) is 32.0 Å². The summed E-state index contributed by atoms with van der Waals surface area (Å²) in [5.41, 5.74) is 0. The van der Waals surface area contributed by atoms with Crippen LogP contribution in [0.1, 0.15) is 19.8 Å². The van der Waals surface area contributed by atoms with E-state index < -0.39 is 12.1 Å². The van der Waals surface area contributed by atoms with Crippen LogP contribution in [0.15, 0.2) is 0 Å². The number of nitrogens with one attached hydrogen (secondary N) is 1. The number of aliphatic carboxylic acids is 1. The number of carboxylic acid groups (broad SMARTS) is 1. The predicted octanol–water partition coefficient (Wildman–Crippen LogP) is 0.228. The summed E-state index contributed by atoms with van der Waals surface area (Å²) in [4.78, 5) is 10.6. The molecule has 4 heteroatoms. The smallest absolute Gasteiger partial charge is 0.332 e. The van der Waals surface area contributed by atoms with Crippen LogP contribution in [-0.4, -0.2) is 36.4 Å². The van der Waals surface area contributed by atoms with Crippen molar-refractivity contribution >= 4 is 5.97 Å². The normalized spacial score (nSPS) is 20.1. The molecule has 0 spiro atoms. The van der Waals surface area contributed by atoms with Crippen LogP contribution in [0.3, 0.4) is 0 Å². The van der Waals surface area contributed by atoms with Gasteiger partial charge in [0.2, 0.25) is 0 Å². The van der Waals surface area contributed by atoms with Gasteiger partial charge in [0, 0.05) is 13.1 Å². The molecule has 1 aliphatic rings. The Kier molecular flexibility index (Phi) is 3.49. The third kappa shape index (κ3) is 2.46. The summed E-state index contributed by atoms with van der Waals surface area (Å²) < 4.78 is 5.33. The Bertz CT molecular complexity index is 156. The van der Waals surface area contributed by atoms with Gasteiger partial charge in [-0.15, -0.1) is 0 Å². The summed E-state index contributed by atoms with van der Waals surface area (Å²) in [5.74, 6) is -0.844. The lowest BCUT2D eigenvalue weighted by molar-refractivity contribution is -0.156. The van der Waals surface area contributed by atoms with Crippen LogP contribution in [-0.2, 0) is 9.53 Å². The highest BCUT2D eigenvalue weighted by Crippen LogP contribution is 2.08. The zero-order chi connectivity index (χ0) is 8.97. The van der Waals surface area contributed by atoms with E-state index in [0.29, 0.717) is 6.42 Å². The van der Waals surface area contributed by atoms with Gasteiger partial charge in [-0.25, -0.2) is 4.79 Å². The highest BCUT2D eigenvalue weighted by Gasteiger charge is 2.25. The van der Waals surface area contributed by atoms with Crippen molar-refractivity contribution in [3.05, 3.63) is 0 Å². The van der Waals surface area contributed by atoms with Gasteiger partial charge < -0.3 is 15.2 Å². The number of carboxylic acids is 1. The molecule has 0 aromatic heterocycles. The average Bonchev–Trinajstić information content (AvgIpc) is 1.93. The summed E-state index contributed by atoms with van der Waals surface area (Å²) in [6.07, 6.45) is 0.947. The fraction of sp³-hybridized carbons (Fsp3) is 0.875. The van der Waals surface area contributed by atoms with Crippen LogP contribution in [0.4, 0.5) is 0 Å². The first-order valence-corrected chi connectivity index (χ1v) is 4.33. The minimum Gasteiger partial charge on any atom is -0.479 e. The molecule has 1 heterocycles. The van der Waals surface area contributed by atoms with E-state index in [1.165, 1.54) is 0 Å². The molecule has 0 aliphatic carbocycles. The summed E-state index contributed by atoms with van der Waals surface area (Å²) in [5, 5.41) is 11.8. The second kappa shape index (κ2) is 4.42. The second-order valence-corrected chi connectivity index (χ2v) is 3.03. The average molecular weight is 173 g/mol. The molecular weight excluding hydrogens is 158 g/mol. The molecule has 0 radical (unpaired) electrons. The summed E-state index contributed by atoms with van der Waals surface area (Å²) >= 11 is 0. The van der Waals surface area contributed by atoms with Gasteiger partial charge in [0.05, 0.1) is 6.10 Å². The van der Waals surface area contributed by atoms with Crippen LogP contribution < -0.4 is 5.32 Å². The fourth-order valence-electron chi connectivity index (χ4n) is 1.10. The van der Waals surface area contributed by atoms with Crippen LogP contribution >= 0.6 is 0 Å². The quantitative estimate of drug-likeness (QED) is 0.624. The van der Waals surface area contributed by atoms with Gasteiger partial charge in [-0.2, -0.15) is 0 Å². The molecule has 4 nitrogen and oxygen atoms in total. The molecule has 12 heavy (non-hydrogen) atoms. The van der Waals surface area contributed by atoms with Crippen molar-refractivity contribution in [3.63, 3.8) is 0 Å². The molecule has 0 amide bonds. The van der Waals surface area contributed by atoms with E-state index >= 15 is 0 Å². The molecule has 0 aromatic rings. The molecule has 1 saturated heterocycles. The van der Waals surface area contributed by atoms with Gasteiger partial charge >= 0.3 is 5.97 Å². The van der Waals surface area contributed by atoms with Crippen molar-refractivity contribution in [3.8, 4) is 0 Å². The van der Waals surface area contributed by atoms with Crippen LogP contribution in [0.2, 0.25) is 0 Å². The lowest BCUT2D eigenvalue weighted by atomic mass is 10.2. The van der Waals surface area contributed by atoms with E-state index in [-0.39, 0.29) is 6.10 Å². The van der Waals surface area contributed by atoms with Gasteiger partial charge in [-0.05, 0) is 6.42 Å². The Morgan fingerprint density at radius 2 is 2.42 bits per heavy atom. The third-order valence-electron chi connectivity index (χ3n) is 1.93. The van der Waals surface area contributed by atoms with Crippen molar-refractivity contribution in [1.82, 2.24) is 5.32 Å². The van der Waals surface area contributed by atoms with E-state index in [2.05, 4.69) is 5.32 Å². The SMILES string of the molecule is CCCC(OC1CNC1)C(=O)O. The standard InChI is InChI=1S/C8H15NO3/c1-2-3-7(8(10)11)12-6-4-9-5-6/h6-7,9H,2-5H2,1H3,(H,10,11). The molecule has 70 valence electrons. The zero-order valence-corrected chi connectivity index (χ0v) is 7.25. The van der Waals surface area contributed by atoms with Gasteiger partial charge in [0.1, 0.15) is 0 Å².